The molecule has 0 saturated heterocycles. The average molecular weight is 386 g/mol. The van der Waals surface area contributed by atoms with Crippen molar-refractivity contribution in [3.05, 3.63) is 82.9 Å². The Morgan fingerprint density at radius 3 is 2.21 bits per heavy atom. The number of benzene rings is 2. The molecule has 0 atom stereocenters. The molecule has 4 aromatic rings. The molecular formula is C22H15FN4O2. The predicted octanol–water partition coefficient (Wildman–Crippen LogP) is 3.98. The molecule has 0 fully saturated rings. The molecule has 0 bridgehead atoms. The van der Waals surface area contributed by atoms with E-state index in [2.05, 4.69) is 10.1 Å². The minimum atomic E-state index is -0.405. The Kier molecular flexibility index (Phi) is 3.61. The van der Waals surface area contributed by atoms with Crippen LogP contribution in [0.15, 0.2) is 54.7 Å². The summed E-state index contributed by atoms with van der Waals surface area (Å²) >= 11 is 0. The van der Waals surface area contributed by atoms with E-state index in [4.69, 9.17) is 0 Å². The number of hydrogen-bond donors (Lipinski definition) is 0. The Hall–Kier alpha value is -3.87. The zero-order valence-corrected chi connectivity index (χ0v) is 15.7. The first-order valence-electron chi connectivity index (χ1n) is 9.05. The molecule has 142 valence electrons. The lowest BCUT2D eigenvalue weighted by Gasteiger charge is -2.13. The molecule has 1 aliphatic rings. The van der Waals surface area contributed by atoms with Crippen LogP contribution in [0.25, 0.3) is 16.7 Å². The molecule has 6 nitrogen and oxygen atoms in total. The molecular weight excluding hydrogens is 371 g/mol. The van der Waals surface area contributed by atoms with Crippen LogP contribution >= 0.6 is 0 Å². The fraction of sp³-hybridized carbons (Fsp3) is 0.0909. The fourth-order valence-electron chi connectivity index (χ4n) is 3.65. The van der Waals surface area contributed by atoms with Crippen molar-refractivity contribution >= 4 is 28.5 Å². The van der Waals surface area contributed by atoms with Gasteiger partial charge >= 0.3 is 0 Å². The molecule has 5 rings (SSSR count). The third kappa shape index (κ3) is 2.47. The van der Waals surface area contributed by atoms with Gasteiger partial charge in [-0.1, -0.05) is 17.7 Å². The molecule has 2 amide bonds. The number of halogens is 1. The topological polar surface area (TPSA) is 68.1 Å². The number of amides is 2. The zero-order valence-electron chi connectivity index (χ0n) is 15.7. The molecule has 2 aromatic carbocycles. The van der Waals surface area contributed by atoms with Gasteiger partial charge in [0.1, 0.15) is 5.82 Å². The second-order valence-electron chi connectivity index (χ2n) is 7.00. The van der Waals surface area contributed by atoms with Crippen molar-refractivity contribution in [2.24, 2.45) is 0 Å². The molecule has 0 unspecified atom stereocenters. The van der Waals surface area contributed by atoms with E-state index < -0.39 is 11.8 Å². The van der Waals surface area contributed by atoms with Crippen LogP contribution in [-0.4, -0.2) is 26.6 Å². The lowest BCUT2D eigenvalue weighted by Crippen LogP contribution is -2.29. The average Bonchev–Trinajstić information content (AvgIpc) is 3.18. The molecule has 0 radical (unpaired) electrons. The Bertz CT molecular complexity index is 1310. The van der Waals surface area contributed by atoms with Gasteiger partial charge in [-0.25, -0.2) is 19.0 Å². The van der Waals surface area contributed by atoms with Crippen molar-refractivity contribution in [1.29, 1.82) is 0 Å². The van der Waals surface area contributed by atoms with Crippen LogP contribution in [0.4, 0.5) is 10.1 Å². The highest BCUT2D eigenvalue weighted by atomic mass is 19.1. The van der Waals surface area contributed by atoms with Crippen molar-refractivity contribution in [3.63, 3.8) is 0 Å². The SMILES string of the molecule is Cc1ccc(N2C(=O)c3cnc4c(c(C)nn4-c4ccc(F)cc4)c3C2=O)cc1. The molecule has 7 heteroatoms. The first kappa shape index (κ1) is 17.2. The minimum Gasteiger partial charge on any atom is -0.268 e. The van der Waals surface area contributed by atoms with E-state index in [0.717, 1.165) is 5.56 Å². The smallest absolute Gasteiger partial charge is 0.267 e. The summed E-state index contributed by atoms with van der Waals surface area (Å²) in [6.45, 7) is 3.70. The van der Waals surface area contributed by atoms with Crippen molar-refractivity contribution in [1.82, 2.24) is 14.8 Å². The number of aryl methyl sites for hydroxylation is 2. The van der Waals surface area contributed by atoms with Crippen LogP contribution in [0.1, 0.15) is 32.0 Å². The molecule has 3 heterocycles. The van der Waals surface area contributed by atoms with Gasteiger partial charge < -0.3 is 0 Å². The minimum absolute atomic E-state index is 0.254. The standard InChI is InChI=1S/C22H15FN4O2/c1-12-3-7-15(8-4-12)26-21(28)17-11-24-20-18(19(17)22(26)29)13(2)25-27(20)16-9-5-14(23)6-10-16/h3-11H,1-2H3. The van der Waals surface area contributed by atoms with Crippen LogP contribution in [0.5, 0.6) is 0 Å². The number of fused-ring (bicyclic) bond motifs is 3. The van der Waals surface area contributed by atoms with E-state index in [1.54, 1.807) is 35.9 Å². The summed E-state index contributed by atoms with van der Waals surface area (Å²) in [4.78, 5) is 31.8. The maximum absolute atomic E-state index is 13.3. The van der Waals surface area contributed by atoms with E-state index in [1.165, 1.54) is 23.2 Å². The Labute approximate surface area is 165 Å². The van der Waals surface area contributed by atoms with E-state index in [-0.39, 0.29) is 11.4 Å². The third-order valence-electron chi connectivity index (χ3n) is 5.09. The van der Waals surface area contributed by atoms with E-state index in [1.807, 2.05) is 19.1 Å². The number of rotatable bonds is 2. The van der Waals surface area contributed by atoms with E-state index >= 15 is 0 Å². The summed E-state index contributed by atoms with van der Waals surface area (Å²) in [7, 11) is 0. The van der Waals surface area contributed by atoms with Crippen molar-refractivity contribution < 1.29 is 14.0 Å². The lowest BCUT2D eigenvalue weighted by molar-refractivity contribution is 0.0926. The number of aromatic nitrogens is 3. The lowest BCUT2D eigenvalue weighted by atomic mass is 10.1. The fourth-order valence-corrected chi connectivity index (χ4v) is 3.65. The van der Waals surface area contributed by atoms with Gasteiger partial charge in [0, 0.05) is 6.20 Å². The summed E-state index contributed by atoms with van der Waals surface area (Å²) in [5.41, 5.74) is 3.73. The number of carbonyl (C=O) groups is 2. The molecule has 0 aliphatic carbocycles. The van der Waals surface area contributed by atoms with Crippen LogP contribution in [0.2, 0.25) is 0 Å². The van der Waals surface area contributed by atoms with Gasteiger partial charge in [-0.2, -0.15) is 5.10 Å². The van der Waals surface area contributed by atoms with Crippen molar-refractivity contribution in [2.45, 2.75) is 13.8 Å². The van der Waals surface area contributed by atoms with Gasteiger partial charge in [0.15, 0.2) is 5.65 Å². The quantitative estimate of drug-likeness (QED) is 0.489. The van der Waals surface area contributed by atoms with Crippen LogP contribution in [0.3, 0.4) is 0 Å². The normalized spacial score (nSPS) is 13.4. The number of hydrogen-bond acceptors (Lipinski definition) is 4. The molecule has 29 heavy (non-hydrogen) atoms. The van der Waals surface area contributed by atoms with Gasteiger partial charge in [0.2, 0.25) is 0 Å². The van der Waals surface area contributed by atoms with Crippen LogP contribution in [-0.2, 0) is 0 Å². The predicted molar refractivity (Wildman–Crippen MR) is 106 cm³/mol. The van der Waals surface area contributed by atoms with Gasteiger partial charge in [-0.15, -0.1) is 0 Å². The van der Waals surface area contributed by atoms with Gasteiger partial charge in [0.25, 0.3) is 11.8 Å². The second-order valence-corrected chi connectivity index (χ2v) is 7.00. The van der Waals surface area contributed by atoms with E-state index in [0.29, 0.717) is 33.7 Å². The highest BCUT2D eigenvalue weighted by molar-refractivity contribution is 6.37. The summed E-state index contributed by atoms with van der Waals surface area (Å²) in [6, 6.07) is 13.0. The molecule has 0 N–H and O–H groups in total. The Morgan fingerprint density at radius 1 is 0.862 bits per heavy atom. The van der Waals surface area contributed by atoms with Crippen molar-refractivity contribution in [2.75, 3.05) is 4.90 Å². The summed E-state index contributed by atoms with van der Waals surface area (Å²) < 4.78 is 14.8. The zero-order chi connectivity index (χ0) is 20.3. The summed E-state index contributed by atoms with van der Waals surface area (Å²) in [5, 5.41) is 5.01. The highest BCUT2D eigenvalue weighted by Crippen LogP contribution is 2.34. The van der Waals surface area contributed by atoms with Crippen molar-refractivity contribution in [3.8, 4) is 5.69 Å². The van der Waals surface area contributed by atoms with Crippen LogP contribution in [0, 0.1) is 19.7 Å². The first-order valence-corrected chi connectivity index (χ1v) is 9.05. The Morgan fingerprint density at radius 2 is 1.52 bits per heavy atom. The first-order chi connectivity index (χ1) is 14.0. The highest BCUT2D eigenvalue weighted by Gasteiger charge is 2.39. The number of nitrogens with zero attached hydrogens (tertiary/aromatic N) is 4. The monoisotopic (exact) mass is 386 g/mol. The van der Waals surface area contributed by atoms with Gasteiger partial charge in [-0.3, -0.25) is 9.59 Å². The third-order valence-corrected chi connectivity index (χ3v) is 5.09. The maximum Gasteiger partial charge on any atom is 0.267 e. The number of pyridine rings is 1. The largest absolute Gasteiger partial charge is 0.268 e. The number of anilines is 1. The van der Waals surface area contributed by atoms with Gasteiger partial charge in [-0.05, 0) is 50.2 Å². The summed E-state index contributed by atoms with van der Waals surface area (Å²) in [6.07, 6.45) is 1.41. The molecule has 2 aromatic heterocycles. The molecule has 0 spiro atoms. The van der Waals surface area contributed by atoms with E-state index in [9.17, 15) is 14.0 Å². The van der Waals surface area contributed by atoms with Crippen LogP contribution < -0.4 is 4.90 Å². The van der Waals surface area contributed by atoms with Gasteiger partial charge in [0.05, 0.1) is 33.6 Å². The summed E-state index contributed by atoms with van der Waals surface area (Å²) in [5.74, 6) is -1.16. The molecule has 0 saturated carbocycles. The molecule has 1 aliphatic heterocycles. The Balaban J connectivity index is 1.70. The second kappa shape index (κ2) is 6.07. The maximum atomic E-state index is 13.3. The number of carbonyl (C=O) groups excluding carboxylic acids is 2. The number of imide groups is 1.